The third kappa shape index (κ3) is 2.54. The number of nitrogens with zero attached hydrogens (tertiary/aromatic N) is 3. The molecule has 0 unspecified atom stereocenters. The van der Waals surface area contributed by atoms with Crippen molar-refractivity contribution in [2.24, 2.45) is 0 Å². The van der Waals surface area contributed by atoms with E-state index in [9.17, 15) is 14.7 Å². The molecule has 0 aliphatic carbocycles. The second kappa shape index (κ2) is 5.36. The van der Waals surface area contributed by atoms with Crippen LogP contribution < -0.4 is 0 Å². The molecule has 0 aromatic rings. The van der Waals surface area contributed by atoms with Gasteiger partial charge in [-0.25, -0.2) is 4.79 Å². The van der Waals surface area contributed by atoms with E-state index in [4.69, 9.17) is 0 Å². The van der Waals surface area contributed by atoms with Crippen LogP contribution in [0.1, 0.15) is 25.7 Å². The Morgan fingerprint density at radius 3 is 2.00 bits per heavy atom. The highest BCUT2D eigenvalue weighted by molar-refractivity contribution is 5.80. The maximum atomic E-state index is 11.9. The standard InChI is InChI=1S/C13H23N3O3/c1-14(2)12(19)15-9-5-13(6-10-15,11(17)18)16-7-3-4-8-16/h3-10H2,1-2H3,(H,17,18). The SMILES string of the molecule is CN(C)C(=O)N1CCC(C(=O)O)(N2CCCC2)CC1. The van der Waals surface area contributed by atoms with E-state index in [2.05, 4.69) is 4.90 Å². The Kier molecular flexibility index (Phi) is 3.99. The van der Waals surface area contributed by atoms with Crippen molar-refractivity contribution in [1.29, 1.82) is 0 Å². The zero-order valence-corrected chi connectivity index (χ0v) is 11.8. The van der Waals surface area contributed by atoms with Crippen molar-refractivity contribution in [2.75, 3.05) is 40.3 Å². The van der Waals surface area contributed by atoms with Crippen LogP contribution in [0.4, 0.5) is 4.79 Å². The fourth-order valence-corrected chi connectivity index (χ4v) is 3.16. The molecule has 0 radical (unpaired) electrons. The first-order chi connectivity index (χ1) is 8.97. The molecule has 6 nitrogen and oxygen atoms in total. The van der Waals surface area contributed by atoms with E-state index in [1.54, 1.807) is 23.9 Å². The molecule has 1 N–H and O–H groups in total. The summed E-state index contributed by atoms with van der Waals surface area (Å²) in [4.78, 5) is 29.0. The van der Waals surface area contributed by atoms with Crippen LogP contribution in [0.2, 0.25) is 0 Å². The van der Waals surface area contributed by atoms with Gasteiger partial charge >= 0.3 is 12.0 Å². The third-order valence-corrected chi connectivity index (χ3v) is 4.35. The third-order valence-electron chi connectivity index (χ3n) is 4.35. The number of urea groups is 1. The number of amides is 2. The molecule has 2 aliphatic heterocycles. The zero-order valence-electron chi connectivity index (χ0n) is 11.8. The number of hydrogen-bond donors (Lipinski definition) is 1. The van der Waals surface area contributed by atoms with E-state index < -0.39 is 11.5 Å². The molecule has 0 atom stereocenters. The molecule has 0 aromatic carbocycles. The van der Waals surface area contributed by atoms with Gasteiger partial charge in [0.25, 0.3) is 0 Å². The first-order valence-electron chi connectivity index (χ1n) is 6.92. The van der Waals surface area contributed by atoms with Crippen molar-refractivity contribution in [3.05, 3.63) is 0 Å². The van der Waals surface area contributed by atoms with Gasteiger partial charge in [0.2, 0.25) is 0 Å². The monoisotopic (exact) mass is 269 g/mol. The Labute approximate surface area is 114 Å². The Bertz CT molecular complexity index is 356. The first-order valence-corrected chi connectivity index (χ1v) is 6.92. The van der Waals surface area contributed by atoms with Gasteiger partial charge in [0.05, 0.1) is 0 Å². The lowest BCUT2D eigenvalue weighted by Crippen LogP contribution is -2.60. The predicted molar refractivity (Wildman–Crippen MR) is 71.1 cm³/mol. The normalized spacial score (nSPS) is 23.4. The second-order valence-corrected chi connectivity index (χ2v) is 5.69. The molecule has 108 valence electrons. The minimum absolute atomic E-state index is 0.0274. The topological polar surface area (TPSA) is 64.1 Å². The van der Waals surface area contributed by atoms with Crippen molar-refractivity contribution in [3.8, 4) is 0 Å². The Hall–Kier alpha value is -1.30. The van der Waals surface area contributed by atoms with Gasteiger partial charge < -0.3 is 14.9 Å². The maximum Gasteiger partial charge on any atom is 0.324 e. The fraction of sp³-hybridized carbons (Fsp3) is 0.846. The molecule has 0 spiro atoms. The van der Waals surface area contributed by atoms with Crippen LogP contribution in [0.3, 0.4) is 0 Å². The summed E-state index contributed by atoms with van der Waals surface area (Å²) in [5.74, 6) is -0.730. The van der Waals surface area contributed by atoms with Crippen molar-refractivity contribution < 1.29 is 14.7 Å². The van der Waals surface area contributed by atoms with Crippen LogP contribution in [0.15, 0.2) is 0 Å². The number of rotatable bonds is 2. The van der Waals surface area contributed by atoms with Crippen molar-refractivity contribution in [1.82, 2.24) is 14.7 Å². The van der Waals surface area contributed by atoms with Crippen LogP contribution in [-0.4, -0.2) is 77.6 Å². The van der Waals surface area contributed by atoms with Gasteiger partial charge in [-0.1, -0.05) is 0 Å². The van der Waals surface area contributed by atoms with Gasteiger partial charge in [-0.15, -0.1) is 0 Å². The van der Waals surface area contributed by atoms with Crippen molar-refractivity contribution >= 4 is 12.0 Å². The molecule has 2 amide bonds. The number of aliphatic carboxylic acids is 1. The minimum Gasteiger partial charge on any atom is -0.480 e. The quantitative estimate of drug-likeness (QED) is 0.801. The summed E-state index contributed by atoms with van der Waals surface area (Å²) in [7, 11) is 3.45. The number of likely N-dealkylation sites (tertiary alicyclic amines) is 2. The van der Waals surface area contributed by atoms with Crippen LogP contribution in [0.5, 0.6) is 0 Å². The number of carbonyl (C=O) groups excluding carboxylic acids is 1. The molecule has 2 rings (SSSR count). The molecule has 2 fully saturated rings. The summed E-state index contributed by atoms with van der Waals surface area (Å²) in [5, 5.41) is 9.63. The molecule has 19 heavy (non-hydrogen) atoms. The second-order valence-electron chi connectivity index (χ2n) is 5.69. The smallest absolute Gasteiger partial charge is 0.324 e. The zero-order chi connectivity index (χ0) is 14.0. The summed E-state index contributed by atoms with van der Waals surface area (Å²) in [5.41, 5.74) is -0.750. The maximum absolute atomic E-state index is 11.9. The van der Waals surface area contributed by atoms with Gasteiger partial charge in [0, 0.05) is 27.2 Å². The number of hydrogen-bond acceptors (Lipinski definition) is 3. The number of carboxylic acids is 1. The van der Waals surface area contributed by atoms with E-state index in [1.807, 2.05) is 0 Å². The summed E-state index contributed by atoms with van der Waals surface area (Å²) >= 11 is 0. The molecule has 0 aromatic heterocycles. The van der Waals surface area contributed by atoms with E-state index in [1.165, 1.54) is 0 Å². The lowest BCUT2D eigenvalue weighted by molar-refractivity contribution is -0.154. The lowest BCUT2D eigenvalue weighted by atomic mass is 9.86. The molecule has 2 saturated heterocycles. The van der Waals surface area contributed by atoms with Gasteiger partial charge in [0.1, 0.15) is 5.54 Å². The fourth-order valence-electron chi connectivity index (χ4n) is 3.16. The van der Waals surface area contributed by atoms with Crippen molar-refractivity contribution in [2.45, 2.75) is 31.2 Å². The summed E-state index contributed by atoms with van der Waals surface area (Å²) in [6.45, 7) is 2.79. The molecule has 2 heterocycles. The summed E-state index contributed by atoms with van der Waals surface area (Å²) < 4.78 is 0. The van der Waals surface area contributed by atoms with E-state index in [0.717, 1.165) is 25.9 Å². The Morgan fingerprint density at radius 1 is 1.05 bits per heavy atom. The van der Waals surface area contributed by atoms with Crippen LogP contribution >= 0.6 is 0 Å². The average Bonchev–Trinajstić information content (AvgIpc) is 2.92. The first kappa shape index (κ1) is 14.1. The number of piperidine rings is 1. The largest absolute Gasteiger partial charge is 0.480 e. The van der Waals surface area contributed by atoms with E-state index >= 15 is 0 Å². The Morgan fingerprint density at radius 2 is 1.58 bits per heavy atom. The van der Waals surface area contributed by atoms with Crippen LogP contribution in [0, 0.1) is 0 Å². The molecule has 6 heteroatoms. The molecular formula is C13H23N3O3. The molecule has 0 bridgehead atoms. The minimum atomic E-state index is -0.750. The Balaban J connectivity index is 2.05. The van der Waals surface area contributed by atoms with Crippen LogP contribution in [-0.2, 0) is 4.79 Å². The highest BCUT2D eigenvalue weighted by atomic mass is 16.4. The lowest BCUT2D eigenvalue weighted by Gasteiger charge is -2.44. The molecule has 0 saturated carbocycles. The number of carbonyl (C=O) groups is 2. The van der Waals surface area contributed by atoms with Crippen LogP contribution in [0.25, 0.3) is 0 Å². The summed E-state index contributed by atoms with van der Waals surface area (Å²) in [6.07, 6.45) is 3.22. The highest BCUT2D eigenvalue weighted by Gasteiger charge is 2.47. The van der Waals surface area contributed by atoms with Gasteiger partial charge in [-0.3, -0.25) is 9.69 Å². The average molecular weight is 269 g/mol. The van der Waals surface area contributed by atoms with Crippen molar-refractivity contribution in [3.63, 3.8) is 0 Å². The van der Waals surface area contributed by atoms with E-state index in [-0.39, 0.29) is 6.03 Å². The summed E-state index contributed by atoms with van der Waals surface area (Å²) in [6, 6.07) is -0.0274. The highest BCUT2D eigenvalue weighted by Crippen LogP contribution is 2.32. The van der Waals surface area contributed by atoms with Gasteiger partial charge in [-0.05, 0) is 38.8 Å². The number of carboxylic acid groups (broad SMARTS) is 1. The molecular weight excluding hydrogens is 246 g/mol. The van der Waals surface area contributed by atoms with Gasteiger partial charge in [-0.2, -0.15) is 0 Å². The van der Waals surface area contributed by atoms with E-state index in [0.29, 0.717) is 25.9 Å². The molecule has 2 aliphatic rings. The predicted octanol–water partition coefficient (Wildman–Crippen LogP) is 0.683. The van der Waals surface area contributed by atoms with Gasteiger partial charge in [0.15, 0.2) is 0 Å².